The van der Waals surface area contributed by atoms with Crippen LogP contribution in [0.1, 0.15) is 31.1 Å². The molecule has 0 amide bonds. The zero-order valence-electron chi connectivity index (χ0n) is 16.1. The summed E-state index contributed by atoms with van der Waals surface area (Å²) in [5, 5.41) is 10.3. The van der Waals surface area contributed by atoms with Crippen molar-refractivity contribution in [3.8, 4) is 0 Å². The van der Waals surface area contributed by atoms with Gasteiger partial charge in [-0.1, -0.05) is 18.2 Å². The van der Waals surface area contributed by atoms with Crippen LogP contribution in [-0.2, 0) is 38.1 Å². The Morgan fingerprint density at radius 2 is 1.45 bits per heavy atom. The van der Waals surface area contributed by atoms with Crippen molar-refractivity contribution >= 4 is 23.9 Å². The van der Waals surface area contributed by atoms with Crippen molar-refractivity contribution in [1.82, 2.24) is 0 Å². The summed E-state index contributed by atoms with van der Waals surface area (Å²) in [7, 11) is 0. The van der Waals surface area contributed by atoms with Crippen LogP contribution in [0.2, 0.25) is 0 Å². The largest absolute Gasteiger partial charge is 0.463 e. The van der Waals surface area contributed by atoms with E-state index in [1.54, 1.807) is 18.2 Å². The number of aliphatic hydroxyl groups excluding tert-OH is 1. The fraction of sp³-hybridized carbons (Fsp3) is 0.474. The van der Waals surface area contributed by atoms with E-state index in [-0.39, 0.29) is 5.56 Å². The molecule has 1 aromatic rings. The van der Waals surface area contributed by atoms with Crippen LogP contribution in [0.5, 0.6) is 0 Å². The Labute approximate surface area is 166 Å². The van der Waals surface area contributed by atoms with Crippen LogP contribution in [0.3, 0.4) is 0 Å². The lowest BCUT2D eigenvalue weighted by atomic mass is 9.98. The average Bonchev–Trinajstić information content (AvgIpc) is 2.65. The molecular weight excluding hydrogens is 388 g/mol. The molecule has 0 saturated carbocycles. The molecule has 158 valence electrons. The topological polar surface area (TPSA) is 135 Å². The van der Waals surface area contributed by atoms with Gasteiger partial charge in [0.05, 0.1) is 5.56 Å². The highest BCUT2D eigenvalue weighted by Gasteiger charge is 2.52. The standard InChI is InChI=1S/C19H22O10/c1-10(20)25-9-14-15(26-11(2)21)16(17(19(24)28-14)27-12(3)22)29-18(23)13-7-5-4-6-8-13/h4-8,14-17,19,24H,9H2,1-3H3. The van der Waals surface area contributed by atoms with E-state index in [1.807, 2.05) is 0 Å². The molecule has 0 radical (unpaired) electrons. The van der Waals surface area contributed by atoms with Crippen molar-refractivity contribution < 1.29 is 48.0 Å². The summed E-state index contributed by atoms with van der Waals surface area (Å²) in [4.78, 5) is 46.8. The zero-order chi connectivity index (χ0) is 21.6. The first kappa shape index (κ1) is 22.3. The van der Waals surface area contributed by atoms with Gasteiger partial charge >= 0.3 is 23.9 Å². The highest BCUT2D eigenvalue weighted by molar-refractivity contribution is 5.89. The predicted molar refractivity (Wildman–Crippen MR) is 94.3 cm³/mol. The van der Waals surface area contributed by atoms with Gasteiger partial charge in [0.15, 0.2) is 24.6 Å². The molecule has 2 rings (SSSR count). The smallest absolute Gasteiger partial charge is 0.338 e. The molecule has 1 N–H and O–H groups in total. The minimum absolute atomic E-state index is 0.188. The Balaban J connectivity index is 2.35. The summed E-state index contributed by atoms with van der Waals surface area (Å²) >= 11 is 0. The Morgan fingerprint density at radius 1 is 0.862 bits per heavy atom. The van der Waals surface area contributed by atoms with Crippen LogP contribution in [0.25, 0.3) is 0 Å². The van der Waals surface area contributed by atoms with Crippen molar-refractivity contribution in [1.29, 1.82) is 0 Å². The second-order valence-corrected chi connectivity index (χ2v) is 6.25. The fourth-order valence-corrected chi connectivity index (χ4v) is 2.78. The van der Waals surface area contributed by atoms with E-state index in [9.17, 15) is 24.3 Å². The van der Waals surface area contributed by atoms with Crippen LogP contribution in [-0.4, -0.2) is 66.3 Å². The maximum atomic E-state index is 12.5. The van der Waals surface area contributed by atoms with Crippen LogP contribution in [0.4, 0.5) is 0 Å². The first-order chi connectivity index (χ1) is 13.7. The normalized spacial score (nSPS) is 26.1. The van der Waals surface area contributed by atoms with Gasteiger partial charge in [-0.25, -0.2) is 4.79 Å². The van der Waals surface area contributed by atoms with E-state index >= 15 is 0 Å². The van der Waals surface area contributed by atoms with Crippen LogP contribution in [0, 0.1) is 0 Å². The molecule has 5 unspecified atom stereocenters. The van der Waals surface area contributed by atoms with Gasteiger partial charge < -0.3 is 28.8 Å². The first-order valence-corrected chi connectivity index (χ1v) is 8.76. The summed E-state index contributed by atoms with van der Waals surface area (Å²) in [5.74, 6) is -2.96. The van der Waals surface area contributed by atoms with Crippen molar-refractivity contribution in [2.45, 2.75) is 51.5 Å². The van der Waals surface area contributed by atoms with E-state index in [0.29, 0.717) is 0 Å². The molecule has 29 heavy (non-hydrogen) atoms. The first-order valence-electron chi connectivity index (χ1n) is 8.76. The Kier molecular flexibility index (Phi) is 7.68. The molecule has 1 aliphatic rings. The number of hydrogen-bond acceptors (Lipinski definition) is 10. The minimum atomic E-state index is -1.72. The molecule has 5 atom stereocenters. The van der Waals surface area contributed by atoms with Gasteiger partial charge in [0.1, 0.15) is 12.7 Å². The average molecular weight is 410 g/mol. The molecule has 10 heteroatoms. The molecule has 0 aromatic heterocycles. The van der Waals surface area contributed by atoms with Crippen LogP contribution >= 0.6 is 0 Å². The van der Waals surface area contributed by atoms with E-state index in [4.69, 9.17) is 23.7 Å². The van der Waals surface area contributed by atoms with Crippen molar-refractivity contribution in [2.75, 3.05) is 6.61 Å². The third-order valence-corrected chi connectivity index (χ3v) is 3.92. The SMILES string of the molecule is CC(=O)OCC1OC(O)C(OC(C)=O)C(OC(=O)c2ccccc2)C1OC(C)=O. The lowest BCUT2D eigenvalue weighted by molar-refractivity contribution is -0.292. The third-order valence-electron chi connectivity index (χ3n) is 3.92. The molecule has 0 bridgehead atoms. The summed E-state index contributed by atoms with van der Waals surface area (Å²) < 4.78 is 25.9. The van der Waals surface area contributed by atoms with Gasteiger partial charge in [0.2, 0.25) is 0 Å². The van der Waals surface area contributed by atoms with Gasteiger partial charge in [-0.3, -0.25) is 14.4 Å². The molecule has 1 aromatic carbocycles. The second kappa shape index (κ2) is 9.99. The lowest BCUT2D eigenvalue weighted by Crippen LogP contribution is -2.62. The molecule has 10 nitrogen and oxygen atoms in total. The lowest BCUT2D eigenvalue weighted by Gasteiger charge is -2.42. The van der Waals surface area contributed by atoms with Gasteiger partial charge in [0.25, 0.3) is 0 Å². The van der Waals surface area contributed by atoms with Gasteiger partial charge in [-0.2, -0.15) is 0 Å². The highest BCUT2D eigenvalue weighted by atomic mass is 16.7. The quantitative estimate of drug-likeness (QED) is 0.517. The number of carbonyl (C=O) groups excluding carboxylic acids is 4. The van der Waals surface area contributed by atoms with E-state index in [0.717, 1.165) is 20.8 Å². The van der Waals surface area contributed by atoms with Gasteiger partial charge in [0, 0.05) is 20.8 Å². The molecule has 1 aliphatic heterocycles. The summed E-state index contributed by atoms with van der Waals surface area (Å²) in [6.45, 7) is 2.98. The molecule has 0 aliphatic carbocycles. The molecule has 1 fully saturated rings. The monoisotopic (exact) mass is 410 g/mol. The molecule has 1 heterocycles. The summed E-state index contributed by atoms with van der Waals surface area (Å²) in [6, 6.07) is 7.93. The van der Waals surface area contributed by atoms with E-state index < -0.39 is 61.2 Å². The summed E-state index contributed by atoms with van der Waals surface area (Å²) in [6.07, 6.45) is -7.09. The zero-order valence-corrected chi connectivity index (χ0v) is 16.1. The highest BCUT2D eigenvalue weighted by Crippen LogP contribution is 2.28. The number of rotatable bonds is 6. The third kappa shape index (κ3) is 6.26. The predicted octanol–water partition coefficient (Wildman–Crippen LogP) is 0.356. The second-order valence-electron chi connectivity index (χ2n) is 6.25. The molecule has 0 spiro atoms. The van der Waals surface area contributed by atoms with Crippen LogP contribution < -0.4 is 0 Å². The number of benzene rings is 1. The maximum Gasteiger partial charge on any atom is 0.338 e. The van der Waals surface area contributed by atoms with E-state index in [1.165, 1.54) is 12.1 Å². The van der Waals surface area contributed by atoms with Gasteiger partial charge in [-0.05, 0) is 12.1 Å². The van der Waals surface area contributed by atoms with Crippen molar-refractivity contribution in [3.05, 3.63) is 35.9 Å². The number of ether oxygens (including phenoxy) is 5. The van der Waals surface area contributed by atoms with Crippen molar-refractivity contribution in [3.63, 3.8) is 0 Å². The number of esters is 4. The molecule has 1 saturated heterocycles. The Morgan fingerprint density at radius 3 is 2.00 bits per heavy atom. The molecular formula is C19H22O10. The van der Waals surface area contributed by atoms with E-state index in [2.05, 4.69) is 0 Å². The van der Waals surface area contributed by atoms with Crippen LogP contribution in [0.15, 0.2) is 30.3 Å². The summed E-state index contributed by atoms with van der Waals surface area (Å²) in [5.41, 5.74) is 0.188. The van der Waals surface area contributed by atoms with Crippen molar-refractivity contribution in [2.24, 2.45) is 0 Å². The Bertz CT molecular complexity index is 747. The van der Waals surface area contributed by atoms with Gasteiger partial charge in [-0.15, -0.1) is 0 Å². The fourth-order valence-electron chi connectivity index (χ4n) is 2.78. The number of aliphatic hydroxyl groups is 1. The Hall–Kier alpha value is -2.98. The number of carbonyl (C=O) groups is 4. The maximum absolute atomic E-state index is 12.5. The minimum Gasteiger partial charge on any atom is -0.463 e. The number of hydrogen-bond donors (Lipinski definition) is 1.